The maximum Gasteiger partial charge on any atom is 0.125 e. The molecule has 21 heavy (non-hydrogen) atoms. The third kappa shape index (κ3) is 4.30. The molecule has 0 heterocycles. The number of halogens is 1. The van der Waals surface area contributed by atoms with Crippen LogP contribution in [0, 0.1) is 19.7 Å². The van der Waals surface area contributed by atoms with Gasteiger partial charge in [-0.2, -0.15) is 0 Å². The SMILES string of the molecule is Cc1cc(CC(C)N)cc(C)c1OCc1ccc(F)cc1. The molecule has 0 amide bonds. The molecule has 0 saturated heterocycles. The molecule has 0 aliphatic heterocycles. The van der Waals surface area contributed by atoms with Crippen LogP contribution in [0.15, 0.2) is 36.4 Å². The van der Waals surface area contributed by atoms with Gasteiger partial charge in [0.25, 0.3) is 0 Å². The zero-order valence-electron chi connectivity index (χ0n) is 12.8. The number of hydrogen-bond acceptors (Lipinski definition) is 2. The first-order valence-corrected chi connectivity index (χ1v) is 7.18. The quantitative estimate of drug-likeness (QED) is 0.905. The van der Waals surface area contributed by atoms with Crippen molar-refractivity contribution in [2.75, 3.05) is 0 Å². The van der Waals surface area contributed by atoms with Gasteiger partial charge in [0.2, 0.25) is 0 Å². The van der Waals surface area contributed by atoms with E-state index in [1.54, 1.807) is 12.1 Å². The number of ether oxygens (including phenoxy) is 1. The Morgan fingerprint density at radius 2 is 1.62 bits per heavy atom. The highest BCUT2D eigenvalue weighted by Crippen LogP contribution is 2.26. The lowest BCUT2D eigenvalue weighted by molar-refractivity contribution is 0.301. The van der Waals surface area contributed by atoms with E-state index in [0.29, 0.717) is 6.61 Å². The van der Waals surface area contributed by atoms with Gasteiger partial charge in [-0.25, -0.2) is 4.39 Å². The molecule has 2 aromatic rings. The molecule has 0 aliphatic carbocycles. The fourth-order valence-corrected chi connectivity index (χ4v) is 2.49. The average molecular weight is 287 g/mol. The summed E-state index contributed by atoms with van der Waals surface area (Å²) in [7, 11) is 0. The molecule has 3 heteroatoms. The zero-order chi connectivity index (χ0) is 15.4. The number of nitrogens with two attached hydrogens (primary N) is 1. The maximum atomic E-state index is 12.9. The Kier molecular flexibility index (Phi) is 4.97. The topological polar surface area (TPSA) is 35.2 Å². The predicted octanol–water partition coefficient (Wildman–Crippen LogP) is 3.91. The van der Waals surface area contributed by atoms with Crippen LogP contribution < -0.4 is 10.5 Å². The Labute approximate surface area is 125 Å². The van der Waals surface area contributed by atoms with E-state index in [1.165, 1.54) is 17.7 Å². The first kappa shape index (κ1) is 15.5. The van der Waals surface area contributed by atoms with Crippen LogP contribution in [-0.4, -0.2) is 6.04 Å². The van der Waals surface area contributed by atoms with Crippen molar-refractivity contribution in [1.82, 2.24) is 0 Å². The summed E-state index contributed by atoms with van der Waals surface area (Å²) < 4.78 is 18.8. The zero-order valence-corrected chi connectivity index (χ0v) is 12.8. The van der Waals surface area contributed by atoms with Gasteiger partial charge in [-0.1, -0.05) is 24.3 Å². The molecule has 112 valence electrons. The van der Waals surface area contributed by atoms with E-state index >= 15 is 0 Å². The van der Waals surface area contributed by atoms with E-state index < -0.39 is 0 Å². The summed E-state index contributed by atoms with van der Waals surface area (Å²) in [5.41, 5.74) is 10.2. The van der Waals surface area contributed by atoms with Gasteiger partial charge < -0.3 is 10.5 Å². The van der Waals surface area contributed by atoms with E-state index in [0.717, 1.165) is 28.9 Å². The summed E-state index contributed by atoms with van der Waals surface area (Å²) in [5.74, 6) is 0.666. The molecule has 0 aromatic heterocycles. The smallest absolute Gasteiger partial charge is 0.125 e. The van der Waals surface area contributed by atoms with Gasteiger partial charge in [0, 0.05) is 6.04 Å². The van der Waals surface area contributed by atoms with Crippen LogP contribution >= 0.6 is 0 Å². The molecule has 2 nitrogen and oxygen atoms in total. The highest BCUT2D eigenvalue weighted by Gasteiger charge is 2.08. The maximum absolute atomic E-state index is 12.9. The van der Waals surface area contributed by atoms with Crippen molar-refractivity contribution in [3.05, 3.63) is 64.5 Å². The summed E-state index contributed by atoms with van der Waals surface area (Å²) >= 11 is 0. The second kappa shape index (κ2) is 6.72. The van der Waals surface area contributed by atoms with Crippen molar-refractivity contribution in [3.63, 3.8) is 0 Å². The van der Waals surface area contributed by atoms with Crippen LogP contribution in [0.1, 0.15) is 29.2 Å². The molecular weight excluding hydrogens is 265 g/mol. The molecule has 1 unspecified atom stereocenters. The van der Waals surface area contributed by atoms with Crippen LogP contribution in [0.3, 0.4) is 0 Å². The lowest BCUT2D eigenvalue weighted by Crippen LogP contribution is -2.18. The first-order valence-electron chi connectivity index (χ1n) is 7.18. The fraction of sp³-hybridized carbons (Fsp3) is 0.333. The molecule has 1 atom stereocenters. The molecule has 2 N–H and O–H groups in total. The van der Waals surface area contributed by atoms with Gasteiger partial charge in [0.15, 0.2) is 0 Å². The summed E-state index contributed by atoms with van der Waals surface area (Å²) in [6.07, 6.45) is 0.861. The normalized spacial score (nSPS) is 12.2. The minimum Gasteiger partial charge on any atom is -0.488 e. The van der Waals surface area contributed by atoms with E-state index in [-0.39, 0.29) is 11.9 Å². The third-order valence-electron chi connectivity index (χ3n) is 3.37. The molecule has 0 spiro atoms. The first-order chi connectivity index (χ1) is 9.95. The minimum atomic E-state index is -0.230. The molecular formula is C18H22FNO. The van der Waals surface area contributed by atoms with Crippen molar-refractivity contribution >= 4 is 0 Å². The number of aryl methyl sites for hydroxylation is 2. The van der Waals surface area contributed by atoms with E-state index in [1.807, 2.05) is 20.8 Å². The molecule has 0 bridgehead atoms. The van der Waals surface area contributed by atoms with E-state index in [9.17, 15) is 4.39 Å². The van der Waals surface area contributed by atoms with Gasteiger partial charge in [-0.15, -0.1) is 0 Å². The van der Waals surface area contributed by atoms with Gasteiger partial charge in [0.05, 0.1) is 0 Å². The Bertz CT molecular complexity index is 582. The third-order valence-corrected chi connectivity index (χ3v) is 3.37. The van der Waals surface area contributed by atoms with Crippen molar-refractivity contribution in [2.24, 2.45) is 5.73 Å². The average Bonchev–Trinajstić information content (AvgIpc) is 2.39. The molecule has 0 saturated carbocycles. The van der Waals surface area contributed by atoms with Crippen LogP contribution in [0.25, 0.3) is 0 Å². The summed E-state index contributed by atoms with van der Waals surface area (Å²) in [6, 6.07) is 10.8. The van der Waals surface area contributed by atoms with Crippen molar-refractivity contribution < 1.29 is 9.13 Å². The van der Waals surface area contributed by atoms with Crippen LogP contribution in [0.5, 0.6) is 5.75 Å². The number of rotatable bonds is 5. The highest BCUT2D eigenvalue weighted by atomic mass is 19.1. The van der Waals surface area contributed by atoms with Crippen molar-refractivity contribution in [1.29, 1.82) is 0 Å². The minimum absolute atomic E-state index is 0.148. The lowest BCUT2D eigenvalue weighted by Gasteiger charge is -2.15. The van der Waals surface area contributed by atoms with Gasteiger partial charge in [-0.3, -0.25) is 0 Å². The largest absolute Gasteiger partial charge is 0.488 e. The molecule has 0 radical (unpaired) electrons. The summed E-state index contributed by atoms with van der Waals surface area (Å²) in [4.78, 5) is 0. The number of benzene rings is 2. The van der Waals surface area contributed by atoms with E-state index in [2.05, 4.69) is 12.1 Å². The number of hydrogen-bond donors (Lipinski definition) is 1. The van der Waals surface area contributed by atoms with Crippen LogP contribution in [0.4, 0.5) is 4.39 Å². The van der Waals surface area contributed by atoms with Gasteiger partial charge >= 0.3 is 0 Å². The van der Waals surface area contributed by atoms with Crippen molar-refractivity contribution in [2.45, 2.75) is 39.8 Å². The Morgan fingerprint density at radius 3 is 2.14 bits per heavy atom. The fourth-order valence-electron chi connectivity index (χ4n) is 2.49. The molecule has 0 fully saturated rings. The molecule has 0 aliphatic rings. The van der Waals surface area contributed by atoms with Gasteiger partial charge in [0.1, 0.15) is 18.2 Å². The lowest BCUT2D eigenvalue weighted by atomic mass is 10.0. The molecule has 2 aromatic carbocycles. The van der Waals surface area contributed by atoms with Gasteiger partial charge in [-0.05, 0) is 61.6 Å². The van der Waals surface area contributed by atoms with Crippen LogP contribution in [0.2, 0.25) is 0 Å². The summed E-state index contributed by atoms with van der Waals surface area (Å²) in [6.45, 7) is 6.52. The standard InChI is InChI=1S/C18H22FNO/c1-12-8-16(10-14(3)20)9-13(2)18(12)21-11-15-4-6-17(19)7-5-15/h4-9,14H,10-11,20H2,1-3H3. The predicted molar refractivity (Wildman–Crippen MR) is 84.0 cm³/mol. The van der Waals surface area contributed by atoms with Crippen molar-refractivity contribution in [3.8, 4) is 5.75 Å². The van der Waals surface area contributed by atoms with E-state index in [4.69, 9.17) is 10.5 Å². The molecule has 2 rings (SSSR count). The Balaban J connectivity index is 2.11. The van der Waals surface area contributed by atoms with Crippen LogP contribution in [-0.2, 0) is 13.0 Å². The second-order valence-corrected chi connectivity index (χ2v) is 5.66. The monoisotopic (exact) mass is 287 g/mol. The Morgan fingerprint density at radius 1 is 1.05 bits per heavy atom. The second-order valence-electron chi connectivity index (χ2n) is 5.66. The Hall–Kier alpha value is -1.87. The highest BCUT2D eigenvalue weighted by molar-refractivity contribution is 5.43. The summed E-state index contributed by atoms with van der Waals surface area (Å²) in [5, 5.41) is 0.